The van der Waals surface area contributed by atoms with Crippen molar-refractivity contribution in [1.82, 2.24) is 4.90 Å². The van der Waals surface area contributed by atoms with Gasteiger partial charge in [0, 0.05) is 18.4 Å². The van der Waals surface area contributed by atoms with Crippen molar-refractivity contribution in [3.63, 3.8) is 0 Å². The van der Waals surface area contributed by atoms with Crippen LogP contribution in [-0.2, 0) is 14.3 Å². The van der Waals surface area contributed by atoms with Crippen molar-refractivity contribution in [3.05, 3.63) is 66.3 Å². The molecular formula is C28H35NO4. The monoisotopic (exact) mass is 449 g/mol. The van der Waals surface area contributed by atoms with Crippen LogP contribution in [0.3, 0.4) is 0 Å². The van der Waals surface area contributed by atoms with Crippen molar-refractivity contribution < 1.29 is 19.1 Å². The first kappa shape index (κ1) is 24.6. The third kappa shape index (κ3) is 6.95. The van der Waals surface area contributed by atoms with Gasteiger partial charge in [-0.1, -0.05) is 54.6 Å². The van der Waals surface area contributed by atoms with Gasteiger partial charge in [0.15, 0.2) is 0 Å². The summed E-state index contributed by atoms with van der Waals surface area (Å²) in [6.07, 6.45) is 12.2. The van der Waals surface area contributed by atoms with Crippen LogP contribution < -0.4 is 4.74 Å². The summed E-state index contributed by atoms with van der Waals surface area (Å²) >= 11 is 0. The number of ether oxygens (including phenoxy) is 2. The molecule has 1 amide bonds. The van der Waals surface area contributed by atoms with Crippen molar-refractivity contribution in [3.8, 4) is 5.75 Å². The lowest BCUT2D eigenvalue weighted by Gasteiger charge is -2.31. The smallest absolute Gasteiger partial charge is 0.305 e. The van der Waals surface area contributed by atoms with Crippen LogP contribution in [0.5, 0.6) is 5.75 Å². The number of hydrogen-bond acceptors (Lipinski definition) is 4. The maximum absolute atomic E-state index is 13.5. The molecule has 2 aromatic carbocycles. The van der Waals surface area contributed by atoms with Gasteiger partial charge in [0.1, 0.15) is 12.4 Å². The Balaban J connectivity index is 1.74. The first-order valence-corrected chi connectivity index (χ1v) is 12.0. The molecule has 0 aromatic heterocycles. The first-order chi connectivity index (χ1) is 16.1. The molecule has 3 rings (SSSR count). The zero-order valence-corrected chi connectivity index (χ0v) is 19.8. The lowest BCUT2D eigenvalue weighted by Crippen LogP contribution is -2.41. The zero-order chi connectivity index (χ0) is 23.5. The molecule has 33 heavy (non-hydrogen) atoms. The van der Waals surface area contributed by atoms with E-state index in [4.69, 9.17) is 9.47 Å². The van der Waals surface area contributed by atoms with E-state index in [-0.39, 0.29) is 24.5 Å². The number of amides is 1. The fraction of sp³-hybridized carbons (Fsp3) is 0.429. The van der Waals surface area contributed by atoms with Gasteiger partial charge in [-0.2, -0.15) is 0 Å². The van der Waals surface area contributed by atoms with Gasteiger partial charge in [-0.05, 0) is 56.9 Å². The molecule has 1 aliphatic rings. The molecule has 0 aliphatic heterocycles. The Kier molecular flexibility index (Phi) is 9.55. The van der Waals surface area contributed by atoms with E-state index in [9.17, 15) is 9.59 Å². The fourth-order valence-electron chi connectivity index (χ4n) is 4.24. The normalized spacial score (nSPS) is 15.9. The molecule has 0 N–H and O–H groups in total. The van der Waals surface area contributed by atoms with Gasteiger partial charge in [0.2, 0.25) is 0 Å². The Morgan fingerprint density at radius 1 is 1.12 bits per heavy atom. The van der Waals surface area contributed by atoms with Crippen molar-refractivity contribution >= 4 is 22.6 Å². The minimum atomic E-state index is -0.198. The number of rotatable bonds is 11. The highest BCUT2D eigenvalue weighted by atomic mass is 16.5. The van der Waals surface area contributed by atoms with Crippen molar-refractivity contribution in [1.29, 1.82) is 0 Å². The number of nitrogens with zero attached hydrogens (tertiary/aromatic N) is 1. The number of fused-ring (bicyclic) bond motifs is 1. The molecule has 2 aromatic rings. The molecule has 1 aliphatic carbocycles. The average Bonchev–Trinajstić information content (AvgIpc) is 2.86. The molecule has 0 saturated heterocycles. The summed E-state index contributed by atoms with van der Waals surface area (Å²) in [5, 5.41) is 2.14. The summed E-state index contributed by atoms with van der Waals surface area (Å²) in [5.41, 5.74) is 0.668. The molecule has 5 heteroatoms. The third-order valence-electron chi connectivity index (χ3n) is 6.09. The molecule has 1 atom stereocenters. The largest absolute Gasteiger partial charge is 0.488 e. The van der Waals surface area contributed by atoms with Gasteiger partial charge in [-0.3, -0.25) is 9.59 Å². The van der Waals surface area contributed by atoms with Gasteiger partial charge in [-0.25, -0.2) is 0 Å². The maximum Gasteiger partial charge on any atom is 0.305 e. The third-order valence-corrected chi connectivity index (χ3v) is 6.09. The number of benzene rings is 2. The summed E-state index contributed by atoms with van der Waals surface area (Å²) in [7, 11) is 1.41. The van der Waals surface area contributed by atoms with Crippen LogP contribution >= 0.6 is 0 Å². The van der Waals surface area contributed by atoms with Crippen LogP contribution in [-0.4, -0.2) is 43.1 Å². The van der Waals surface area contributed by atoms with Gasteiger partial charge in [-0.15, -0.1) is 0 Å². The van der Waals surface area contributed by atoms with Crippen molar-refractivity contribution in [2.24, 2.45) is 0 Å². The number of carbonyl (C=O) groups is 2. The van der Waals surface area contributed by atoms with Crippen LogP contribution in [0.4, 0.5) is 0 Å². The first-order valence-electron chi connectivity index (χ1n) is 12.0. The van der Waals surface area contributed by atoms with E-state index in [1.807, 2.05) is 48.2 Å². The number of methoxy groups -OCH3 is 1. The number of esters is 1. The van der Waals surface area contributed by atoms with E-state index < -0.39 is 0 Å². The maximum atomic E-state index is 13.5. The second-order valence-corrected chi connectivity index (χ2v) is 8.33. The summed E-state index contributed by atoms with van der Waals surface area (Å²) in [6, 6.07) is 14.2. The lowest BCUT2D eigenvalue weighted by molar-refractivity contribution is -0.140. The average molecular weight is 450 g/mol. The van der Waals surface area contributed by atoms with E-state index in [2.05, 4.69) is 24.3 Å². The summed E-state index contributed by atoms with van der Waals surface area (Å²) in [6.45, 7) is 2.90. The second-order valence-electron chi connectivity index (χ2n) is 8.33. The van der Waals surface area contributed by atoms with Crippen LogP contribution in [0.25, 0.3) is 10.8 Å². The molecule has 1 unspecified atom stereocenters. The quantitative estimate of drug-likeness (QED) is 0.187. The van der Waals surface area contributed by atoms with Crippen molar-refractivity contribution in [2.75, 3.05) is 20.3 Å². The van der Waals surface area contributed by atoms with E-state index in [0.29, 0.717) is 18.5 Å². The predicted molar refractivity (Wildman–Crippen MR) is 132 cm³/mol. The number of likely N-dealkylation sites (N-methyl/N-ethyl adjacent to an activating group) is 1. The van der Waals surface area contributed by atoms with Gasteiger partial charge < -0.3 is 14.4 Å². The Morgan fingerprint density at radius 3 is 2.70 bits per heavy atom. The topological polar surface area (TPSA) is 55.8 Å². The van der Waals surface area contributed by atoms with E-state index in [0.717, 1.165) is 55.0 Å². The van der Waals surface area contributed by atoms with Crippen LogP contribution in [0.2, 0.25) is 0 Å². The van der Waals surface area contributed by atoms with Crippen LogP contribution in [0, 0.1) is 0 Å². The van der Waals surface area contributed by atoms with Gasteiger partial charge >= 0.3 is 5.97 Å². The Hall–Kier alpha value is -3.08. The minimum Gasteiger partial charge on any atom is -0.488 e. The molecule has 176 valence electrons. The van der Waals surface area contributed by atoms with E-state index >= 15 is 0 Å². The van der Waals surface area contributed by atoms with E-state index in [1.165, 1.54) is 7.11 Å². The number of hydrogen-bond donors (Lipinski definition) is 0. The van der Waals surface area contributed by atoms with Gasteiger partial charge in [0.25, 0.3) is 5.91 Å². The summed E-state index contributed by atoms with van der Waals surface area (Å²) in [5.74, 6) is 0.608. The Bertz CT molecular complexity index is 989. The molecule has 0 fully saturated rings. The number of allylic oxidation sites excluding steroid dienone is 2. The highest BCUT2D eigenvalue weighted by Crippen LogP contribution is 2.26. The highest BCUT2D eigenvalue weighted by molar-refractivity contribution is 5.94. The Labute approximate surface area is 197 Å². The summed E-state index contributed by atoms with van der Waals surface area (Å²) < 4.78 is 10.9. The summed E-state index contributed by atoms with van der Waals surface area (Å²) in [4.78, 5) is 26.9. The SMILES string of the molecule is CCN(C(=O)C(=CCCCCC(=O)OC)COc1cccc2ccccc12)C1C=CCCC1. The molecule has 0 saturated carbocycles. The minimum absolute atomic E-state index is 0.0299. The fourth-order valence-corrected chi connectivity index (χ4v) is 4.24. The highest BCUT2D eigenvalue weighted by Gasteiger charge is 2.24. The number of carbonyl (C=O) groups excluding carboxylic acids is 2. The molecular weight excluding hydrogens is 414 g/mol. The van der Waals surface area contributed by atoms with Crippen LogP contribution in [0.1, 0.15) is 51.9 Å². The van der Waals surface area contributed by atoms with Crippen molar-refractivity contribution in [2.45, 2.75) is 57.9 Å². The predicted octanol–water partition coefficient (Wildman–Crippen LogP) is 5.84. The Morgan fingerprint density at radius 2 is 1.94 bits per heavy atom. The molecule has 0 heterocycles. The van der Waals surface area contributed by atoms with Crippen LogP contribution in [0.15, 0.2) is 66.3 Å². The molecule has 0 bridgehead atoms. The molecule has 5 nitrogen and oxygen atoms in total. The standard InChI is InChI=1S/C28H35NO4/c1-3-29(24-16-7-5-8-17-24)28(31)23(14-6-4-9-20-27(30)32-2)21-33-26-19-12-15-22-13-10-11-18-25(22)26/h7,10-16,18-19,24H,3-6,8-9,17,20-21H2,1-2H3. The van der Waals surface area contributed by atoms with Gasteiger partial charge in [0.05, 0.1) is 18.7 Å². The zero-order valence-electron chi connectivity index (χ0n) is 19.8. The number of unbranched alkanes of at least 4 members (excludes halogenated alkanes) is 2. The second kappa shape index (κ2) is 12.8. The van der Waals surface area contributed by atoms with E-state index in [1.54, 1.807) is 0 Å². The lowest BCUT2D eigenvalue weighted by atomic mass is 10.00. The molecule has 0 radical (unpaired) electrons. The molecule has 0 spiro atoms.